The summed E-state index contributed by atoms with van der Waals surface area (Å²) in [6.07, 6.45) is 1.54. The second kappa shape index (κ2) is 4.47. The molecular formula is C11H19NO3. The van der Waals surface area contributed by atoms with E-state index in [9.17, 15) is 9.59 Å². The molecule has 1 amide bonds. The molecule has 4 nitrogen and oxygen atoms in total. The third-order valence-electron chi connectivity index (χ3n) is 2.22. The number of hydrogen-bond donors (Lipinski definition) is 1. The van der Waals surface area contributed by atoms with Crippen LogP contribution in [0, 0.1) is 5.41 Å². The Morgan fingerprint density at radius 3 is 2.07 bits per heavy atom. The number of amides is 1. The zero-order valence-corrected chi connectivity index (χ0v) is 10.0. The summed E-state index contributed by atoms with van der Waals surface area (Å²) in [5, 5.41) is 2.61. The summed E-state index contributed by atoms with van der Waals surface area (Å²) in [4.78, 5) is 23.1. The van der Waals surface area contributed by atoms with Crippen LogP contribution in [0.4, 0.5) is 0 Å². The lowest BCUT2D eigenvalue weighted by Crippen LogP contribution is -2.53. The Balaban J connectivity index is 4.68. The first kappa shape index (κ1) is 13.7. The molecule has 86 valence electrons. The van der Waals surface area contributed by atoms with Crippen LogP contribution in [0.15, 0.2) is 12.7 Å². The van der Waals surface area contributed by atoms with E-state index in [1.807, 2.05) is 0 Å². The van der Waals surface area contributed by atoms with Crippen LogP contribution in [0.3, 0.4) is 0 Å². The normalized spacial score (nSPS) is 11.8. The molecule has 0 spiro atoms. The lowest BCUT2D eigenvalue weighted by Gasteiger charge is -2.28. The number of carbonyl (C=O) groups excluding carboxylic acids is 2. The molecule has 0 aromatic carbocycles. The fraction of sp³-hybridized carbons (Fsp3) is 0.636. The molecule has 0 aliphatic carbocycles. The van der Waals surface area contributed by atoms with Crippen LogP contribution in [0.5, 0.6) is 0 Å². The van der Waals surface area contributed by atoms with Gasteiger partial charge in [-0.05, 0) is 27.7 Å². The van der Waals surface area contributed by atoms with Gasteiger partial charge in [0.2, 0.25) is 5.91 Å². The van der Waals surface area contributed by atoms with Crippen LogP contribution < -0.4 is 5.32 Å². The minimum Gasteiger partial charge on any atom is -0.467 e. The average Bonchev–Trinajstić information content (AvgIpc) is 2.15. The van der Waals surface area contributed by atoms with Crippen LogP contribution in [0.25, 0.3) is 0 Å². The van der Waals surface area contributed by atoms with Crippen molar-refractivity contribution in [2.24, 2.45) is 5.41 Å². The summed E-state index contributed by atoms with van der Waals surface area (Å²) in [6.45, 7) is 10.2. The predicted molar refractivity (Wildman–Crippen MR) is 58.2 cm³/mol. The van der Waals surface area contributed by atoms with Crippen LogP contribution >= 0.6 is 0 Å². The van der Waals surface area contributed by atoms with E-state index in [0.717, 1.165) is 0 Å². The molecule has 1 N–H and O–H groups in total. The molecule has 15 heavy (non-hydrogen) atoms. The highest BCUT2D eigenvalue weighted by molar-refractivity contribution is 5.90. The van der Waals surface area contributed by atoms with Gasteiger partial charge < -0.3 is 10.1 Å². The van der Waals surface area contributed by atoms with Crippen molar-refractivity contribution < 1.29 is 14.3 Å². The largest absolute Gasteiger partial charge is 0.467 e. The van der Waals surface area contributed by atoms with Crippen LogP contribution in [-0.4, -0.2) is 24.5 Å². The number of ether oxygens (including phenoxy) is 1. The molecule has 0 atom stereocenters. The molecule has 0 radical (unpaired) electrons. The molecule has 0 unspecified atom stereocenters. The zero-order valence-electron chi connectivity index (χ0n) is 10.0. The fourth-order valence-corrected chi connectivity index (χ4v) is 0.844. The monoisotopic (exact) mass is 213 g/mol. The molecule has 0 aromatic heterocycles. The van der Waals surface area contributed by atoms with Gasteiger partial charge in [-0.1, -0.05) is 6.08 Å². The molecular weight excluding hydrogens is 194 g/mol. The maximum absolute atomic E-state index is 11.7. The van der Waals surface area contributed by atoms with Gasteiger partial charge in [0.1, 0.15) is 5.54 Å². The van der Waals surface area contributed by atoms with E-state index in [-0.39, 0.29) is 5.91 Å². The van der Waals surface area contributed by atoms with Gasteiger partial charge in [-0.3, -0.25) is 4.79 Å². The van der Waals surface area contributed by atoms with Crippen molar-refractivity contribution in [1.82, 2.24) is 5.32 Å². The number of esters is 1. The average molecular weight is 213 g/mol. The second-order valence-electron chi connectivity index (χ2n) is 4.50. The van der Waals surface area contributed by atoms with Gasteiger partial charge in [0.15, 0.2) is 0 Å². The summed E-state index contributed by atoms with van der Waals surface area (Å²) >= 11 is 0. The Morgan fingerprint density at radius 1 is 1.27 bits per heavy atom. The third-order valence-corrected chi connectivity index (χ3v) is 2.22. The lowest BCUT2D eigenvalue weighted by atomic mass is 9.91. The van der Waals surface area contributed by atoms with Gasteiger partial charge in [-0.2, -0.15) is 0 Å². The van der Waals surface area contributed by atoms with Gasteiger partial charge in [0.05, 0.1) is 12.5 Å². The van der Waals surface area contributed by atoms with Gasteiger partial charge in [0, 0.05) is 0 Å². The maximum atomic E-state index is 11.7. The van der Waals surface area contributed by atoms with Crippen LogP contribution in [0.2, 0.25) is 0 Å². The van der Waals surface area contributed by atoms with E-state index < -0.39 is 16.9 Å². The first-order valence-corrected chi connectivity index (χ1v) is 4.72. The van der Waals surface area contributed by atoms with Gasteiger partial charge in [-0.25, -0.2) is 4.79 Å². The Bertz CT molecular complexity index is 280. The van der Waals surface area contributed by atoms with Crippen molar-refractivity contribution in [3.8, 4) is 0 Å². The highest BCUT2D eigenvalue weighted by Gasteiger charge is 2.34. The quantitative estimate of drug-likeness (QED) is 0.565. The summed E-state index contributed by atoms with van der Waals surface area (Å²) in [5.41, 5.74) is -1.72. The van der Waals surface area contributed by atoms with E-state index in [1.54, 1.807) is 27.7 Å². The van der Waals surface area contributed by atoms with E-state index in [4.69, 9.17) is 0 Å². The summed E-state index contributed by atoms with van der Waals surface area (Å²) in [5.74, 6) is -0.733. The number of nitrogens with one attached hydrogen (secondary N) is 1. The number of rotatable bonds is 4. The smallest absolute Gasteiger partial charge is 0.330 e. The number of methoxy groups -OCH3 is 1. The summed E-state index contributed by atoms with van der Waals surface area (Å²) in [7, 11) is 1.29. The van der Waals surface area contributed by atoms with Crippen LogP contribution in [0.1, 0.15) is 27.7 Å². The highest BCUT2D eigenvalue weighted by Crippen LogP contribution is 2.18. The first-order chi connectivity index (χ1) is 6.67. The second-order valence-corrected chi connectivity index (χ2v) is 4.50. The molecule has 0 aliphatic rings. The van der Waals surface area contributed by atoms with E-state index in [2.05, 4.69) is 16.6 Å². The molecule has 0 rings (SSSR count). The zero-order chi connectivity index (χ0) is 12.3. The fourth-order valence-electron chi connectivity index (χ4n) is 0.844. The van der Waals surface area contributed by atoms with Crippen molar-refractivity contribution in [2.45, 2.75) is 33.2 Å². The predicted octanol–water partition coefficient (Wildman–Crippen LogP) is 1.27. The summed E-state index contributed by atoms with van der Waals surface area (Å²) < 4.78 is 4.58. The Labute approximate surface area is 90.7 Å². The molecule has 4 heteroatoms. The minimum absolute atomic E-state index is 0.257. The molecule has 0 saturated heterocycles. The topological polar surface area (TPSA) is 55.4 Å². The first-order valence-electron chi connectivity index (χ1n) is 4.72. The Kier molecular flexibility index (Phi) is 4.07. The molecule has 0 saturated carbocycles. The Hall–Kier alpha value is -1.32. The van der Waals surface area contributed by atoms with Gasteiger partial charge in [0.25, 0.3) is 0 Å². The molecule has 0 heterocycles. The number of hydrogen-bond acceptors (Lipinski definition) is 3. The van der Waals surface area contributed by atoms with Crippen molar-refractivity contribution in [3.63, 3.8) is 0 Å². The standard InChI is InChI=1S/C11H19NO3/c1-7-10(2,3)8(13)12-11(4,5)9(14)15-6/h7H,1H2,2-6H3,(H,12,13). The lowest BCUT2D eigenvalue weighted by molar-refractivity contribution is -0.150. The van der Waals surface area contributed by atoms with Crippen molar-refractivity contribution >= 4 is 11.9 Å². The Morgan fingerprint density at radius 2 is 1.73 bits per heavy atom. The molecule has 0 aromatic rings. The maximum Gasteiger partial charge on any atom is 0.330 e. The van der Waals surface area contributed by atoms with E-state index in [0.29, 0.717) is 0 Å². The minimum atomic E-state index is -1.02. The van der Waals surface area contributed by atoms with Crippen LogP contribution in [-0.2, 0) is 14.3 Å². The summed E-state index contributed by atoms with van der Waals surface area (Å²) in [6, 6.07) is 0. The number of carbonyl (C=O) groups is 2. The van der Waals surface area contributed by atoms with Crippen molar-refractivity contribution in [1.29, 1.82) is 0 Å². The van der Waals surface area contributed by atoms with E-state index >= 15 is 0 Å². The third kappa shape index (κ3) is 3.38. The molecule has 0 fully saturated rings. The molecule has 0 aliphatic heterocycles. The SMILES string of the molecule is C=CC(C)(C)C(=O)NC(C)(C)C(=O)OC. The van der Waals surface area contributed by atoms with Crippen molar-refractivity contribution in [2.75, 3.05) is 7.11 Å². The van der Waals surface area contributed by atoms with Crippen molar-refractivity contribution in [3.05, 3.63) is 12.7 Å². The van der Waals surface area contributed by atoms with Gasteiger partial charge in [-0.15, -0.1) is 6.58 Å². The highest BCUT2D eigenvalue weighted by atomic mass is 16.5. The molecule has 0 bridgehead atoms. The van der Waals surface area contributed by atoms with Gasteiger partial charge >= 0.3 is 5.97 Å². The van der Waals surface area contributed by atoms with E-state index in [1.165, 1.54) is 13.2 Å².